The van der Waals surface area contributed by atoms with E-state index in [9.17, 15) is 5.26 Å². The van der Waals surface area contributed by atoms with Crippen molar-refractivity contribution >= 4 is 22.0 Å². The van der Waals surface area contributed by atoms with E-state index in [1.807, 2.05) is 0 Å². The zero-order valence-corrected chi connectivity index (χ0v) is 12.5. The molecule has 1 aromatic heterocycles. The molecule has 1 saturated carbocycles. The van der Waals surface area contributed by atoms with Crippen molar-refractivity contribution in [1.29, 1.82) is 5.26 Å². The number of hydrogen-bond donors (Lipinski definition) is 1. The molecule has 1 saturated heterocycles. The summed E-state index contributed by atoms with van der Waals surface area (Å²) in [5.74, 6) is 2.07. The minimum Gasteiger partial charge on any atom is -0.397 e. The zero-order chi connectivity index (χ0) is 13.6. The average Bonchev–Trinajstić information content (AvgIpc) is 3.12. The van der Waals surface area contributed by atoms with Gasteiger partial charge in [0, 0.05) is 18.7 Å². The van der Waals surface area contributed by atoms with Gasteiger partial charge in [-0.2, -0.15) is 5.26 Å². The Bertz CT molecular complexity index is 514. The monoisotopic (exact) mass is 275 g/mol. The Kier molecular flexibility index (Phi) is 3.18. The van der Waals surface area contributed by atoms with Gasteiger partial charge < -0.3 is 10.6 Å². The molecule has 3 rings (SSSR count). The number of nitrogens with zero attached hydrogens (tertiary/aromatic N) is 2. The number of anilines is 2. The summed E-state index contributed by atoms with van der Waals surface area (Å²) in [6, 6.07) is 2.27. The summed E-state index contributed by atoms with van der Waals surface area (Å²) in [6.07, 6.45) is 3.77. The van der Waals surface area contributed by atoms with Crippen LogP contribution in [0.1, 0.15) is 49.5 Å². The molecule has 2 heterocycles. The van der Waals surface area contributed by atoms with Crippen LogP contribution in [0.3, 0.4) is 0 Å². The molecule has 102 valence electrons. The normalized spacial score (nSPS) is 27.3. The van der Waals surface area contributed by atoms with Gasteiger partial charge in [-0.05, 0) is 37.0 Å². The summed E-state index contributed by atoms with van der Waals surface area (Å²) in [4.78, 5) is 3.19. The maximum Gasteiger partial charge on any atom is 0.130 e. The Morgan fingerprint density at radius 3 is 2.42 bits per heavy atom. The van der Waals surface area contributed by atoms with Crippen LogP contribution < -0.4 is 10.6 Å². The molecular formula is C15H21N3S. The van der Waals surface area contributed by atoms with Gasteiger partial charge in [0.15, 0.2) is 0 Å². The molecule has 2 unspecified atom stereocenters. The van der Waals surface area contributed by atoms with Crippen molar-refractivity contribution in [3.63, 3.8) is 0 Å². The second kappa shape index (κ2) is 4.72. The SMILES string of the molecule is CC1CC(C)CN(c2sc(C#N)c(N)c2C2CC2)C1. The second-order valence-electron chi connectivity index (χ2n) is 6.30. The van der Waals surface area contributed by atoms with Gasteiger partial charge in [0.1, 0.15) is 10.9 Å². The molecule has 2 fully saturated rings. The minimum absolute atomic E-state index is 0.612. The van der Waals surface area contributed by atoms with Crippen LogP contribution in [-0.2, 0) is 0 Å². The van der Waals surface area contributed by atoms with Crippen LogP contribution in [0.4, 0.5) is 10.7 Å². The molecule has 2 atom stereocenters. The summed E-state index contributed by atoms with van der Waals surface area (Å²) in [5.41, 5.74) is 8.23. The third-order valence-electron chi connectivity index (χ3n) is 4.21. The molecule has 0 aromatic carbocycles. The third-order valence-corrected chi connectivity index (χ3v) is 5.39. The van der Waals surface area contributed by atoms with Crippen molar-refractivity contribution in [2.24, 2.45) is 11.8 Å². The molecule has 1 aliphatic heterocycles. The minimum atomic E-state index is 0.612. The number of nitrogen functional groups attached to an aromatic ring is 1. The summed E-state index contributed by atoms with van der Waals surface area (Å²) in [5, 5.41) is 10.5. The smallest absolute Gasteiger partial charge is 0.130 e. The molecular weight excluding hydrogens is 254 g/mol. The molecule has 0 spiro atoms. The summed E-state index contributed by atoms with van der Waals surface area (Å²) >= 11 is 1.60. The van der Waals surface area contributed by atoms with Gasteiger partial charge in [-0.1, -0.05) is 13.8 Å². The van der Waals surface area contributed by atoms with Crippen LogP contribution in [0.25, 0.3) is 0 Å². The Morgan fingerprint density at radius 1 is 1.26 bits per heavy atom. The Morgan fingerprint density at radius 2 is 1.89 bits per heavy atom. The average molecular weight is 275 g/mol. The van der Waals surface area contributed by atoms with E-state index in [0.29, 0.717) is 10.8 Å². The van der Waals surface area contributed by atoms with Gasteiger partial charge in [0.2, 0.25) is 0 Å². The van der Waals surface area contributed by atoms with Crippen molar-refractivity contribution in [1.82, 2.24) is 0 Å². The fourth-order valence-corrected chi connectivity index (χ4v) is 4.48. The van der Waals surface area contributed by atoms with Gasteiger partial charge in [-0.25, -0.2) is 0 Å². The lowest BCUT2D eigenvalue weighted by molar-refractivity contribution is 0.357. The quantitative estimate of drug-likeness (QED) is 0.898. The molecule has 19 heavy (non-hydrogen) atoms. The van der Waals surface area contributed by atoms with Crippen molar-refractivity contribution in [3.8, 4) is 6.07 Å². The van der Waals surface area contributed by atoms with E-state index in [-0.39, 0.29) is 0 Å². The molecule has 4 heteroatoms. The first-order valence-corrected chi connectivity index (χ1v) is 7.99. The van der Waals surface area contributed by atoms with Crippen LogP contribution in [0.2, 0.25) is 0 Å². The first-order chi connectivity index (χ1) is 9.10. The summed E-state index contributed by atoms with van der Waals surface area (Å²) < 4.78 is 0. The Hall–Kier alpha value is -1.21. The molecule has 1 aromatic rings. The van der Waals surface area contributed by atoms with Crippen molar-refractivity contribution in [2.75, 3.05) is 23.7 Å². The number of thiophene rings is 1. The lowest BCUT2D eigenvalue weighted by atomic mass is 9.92. The number of piperidine rings is 1. The van der Waals surface area contributed by atoms with Crippen LogP contribution in [0.15, 0.2) is 0 Å². The highest BCUT2D eigenvalue weighted by Crippen LogP contribution is 2.52. The van der Waals surface area contributed by atoms with Crippen molar-refractivity contribution in [2.45, 2.75) is 39.0 Å². The van der Waals surface area contributed by atoms with E-state index < -0.39 is 0 Å². The maximum absolute atomic E-state index is 9.22. The molecule has 0 radical (unpaired) electrons. The molecule has 0 bridgehead atoms. The number of nitrogens with two attached hydrogens (primary N) is 1. The molecule has 2 N–H and O–H groups in total. The van der Waals surface area contributed by atoms with Crippen LogP contribution in [0.5, 0.6) is 0 Å². The van der Waals surface area contributed by atoms with E-state index >= 15 is 0 Å². The fraction of sp³-hybridized carbons (Fsp3) is 0.667. The maximum atomic E-state index is 9.22. The van der Waals surface area contributed by atoms with Crippen LogP contribution >= 0.6 is 11.3 Å². The van der Waals surface area contributed by atoms with E-state index in [1.165, 1.54) is 29.8 Å². The molecule has 0 amide bonds. The highest BCUT2D eigenvalue weighted by Gasteiger charge is 2.34. The lowest BCUT2D eigenvalue weighted by Gasteiger charge is -2.36. The molecule has 2 aliphatic rings. The lowest BCUT2D eigenvalue weighted by Crippen LogP contribution is -2.38. The van der Waals surface area contributed by atoms with E-state index in [0.717, 1.165) is 30.6 Å². The highest BCUT2D eigenvalue weighted by atomic mass is 32.1. The second-order valence-corrected chi connectivity index (χ2v) is 7.30. The first kappa shape index (κ1) is 12.8. The van der Waals surface area contributed by atoms with Crippen LogP contribution in [-0.4, -0.2) is 13.1 Å². The van der Waals surface area contributed by atoms with Crippen LogP contribution in [0, 0.1) is 23.2 Å². The first-order valence-electron chi connectivity index (χ1n) is 7.17. The molecule has 1 aliphatic carbocycles. The zero-order valence-electron chi connectivity index (χ0n) is 11.6. The Balaban J connectivity index is 1.97. The van der Waals surface area contributed by atoms with E-state index in [2.05, 4.69) is 24.8 Å². The Labute approximate surface area is 119 Å². The van der Waals surface area contributed by atoms with Crippen molar-refractivity contribution in [3.05, 3.63) is 10.4 Å². The topological polar surface area (TPSA) is 53.0 Å². The van der Waals surface area contributed by atoms with E-state index in [4.69, 9.17) is 5.73 Å². The number of hydrogen-bond acceptors (Lipinski definition) is 4. The standard InChI is InChI=1S/C15H21N3S/c1-9-5-10(2)8-18(7-9)15-13(11-3-4-11)14(17)12(6-16)19-15/h9-11H,3-5,7-8,17H2,1-2H3. The van der Waals surface area contributed by atoms with Gasteiger partial charge >= 0.3 is 0 Å². The van der Waals surface area contributed by atoms with Crippen molar-refractivity contribution < 1.29 is 0 Å². The molecule has 3 nitrogen and oxygen atoms in total. The predicted octanol–water partition coefficient (Wildman–Crippen LogP) is 3.56. The fourth-order valence-electron chi connectivity index (χ4n) is 3.36. The largest absolute Gasteiger partial charge is 0.397 e. The number of rotatable bonds is 2. The summed E-state index contributed by atoms with van der Waals surface area (Å²) in [6.45, 7) is 6.85. The van der Waals surface area contributed by atoms with Gasteiger partial charge in [0.25, 0.3) is 0 Å². The van der Waals surface area contributed by atoms with Gasteiger partial charge in [0.05, 0.1) is 10.7 Å². The van der Waals surface area contributed by atoms with Gasteiger partial charge in [-0.3, -0.25) is 0 Å². The predicted molar refractivity (Wildman–Crippen MR) is 80.6 cm³/mol. The number of nitriles is 1. The van der Waals surface area contributed by atoms with Gasteiger partial charge in [-0.15, -0.1) is 11.3 Å². The highest BCUT2D eigenvalue weighted by molar-refractivity contribution is 7.17. The summed E-state index contributed by atoms with van der Waals surface area (Å²) in [7, 11) is 0. The third kappa shape index (κ3) is 2.32. The van der Waals surface area contributed by atoms with E-state index in [1.54, 1.807) is 11.3 Å².